The second kappa shape index (κ2) is 4.60. The minimum absolute atomic E-state index is 0.359. The van der Waals surface area contributed by atoms with Gasteiger partial charge in [0, 0.05) is 13.8 Å². The number of rotatable bonds is 2. The smallest absolute Gasteiger partial charge is 0.0622 e. The van der Waals surface area contributed by atoms with Crippen molar-refractivity contribution < 1.29 is 1.37 Å². The maximum atomic E-state index is 8.48. The van der Waals surface area contributed by atoms with Crippen LogP contribution in [0.25, 0.3) is 0 Å². The number of hydrogen-bond donors (Lipinski definition) is 0. The van der Waals surface area contributed by atoms with Gasteiger partial charge in [0.2, 0.25) is 0 Å². The summed E-state index contributed by atoms with van der Waals surface area (Å²) in [6.07, 6.45) is 8.81. The molecule has 0 aromatic heterocycles. The molecule has 0 heterocycles. The van der Waals surface area contributed by atoms with Crippen molar-refractivity contribution in [2.45, 2.75) is 11.8 Å². The predicted octanol–water partition coefficient (Wildman–Crippen LogP) is 4.29. The van der Waals surface area contributed by atoms with E-state index in [1.807, 2.05) is 54.6 Å². The van der Waals surface area contributed by atoms with Crippen molar-refractivity contribution in [1.82, 2.24) is 0 Å². The first-order valence-corrected chi connectivity index (χ1v) is 6.15. The third kappa shape index (κ3) is 1.77. The lowest BCUT2D eigenvalue weighted by molar-refractivity contribution is 0.628. The molecule has 1 unspecified atom stereocenters. The molecule has 0 nitrogen and oxygen atoms in total. The summed E-state index contributed by atoms with van der Waals surface area (Å²) in [6.45, 7) is 0. The molecule has 18 heavy (non-hydrogen) atoms. The van der Waals surface area contributed by atoms with Gasteiger partial charge in [0.1, 0.15) is 0 Å². The molecule has 0 spiro atoms. The fourth-order valence-electron chi connectivity index (χ4n) is 2.41. The maximum absolute atomic E-state index is 8.48. The van der Waals surface area contributed by atoms with E-state index in [1.165, 1.54) is 0 Å². The lowest BCUT2D eigenvalue weighted by Crippen LogP contribution is -2.26. The highest BCUT2D eigenvalue weighted by molar-refractivity contribution is 5.45. The third-order valence-corrected chi connectivity index (χ3v) is 3.32. The van der Waals surface area contributed by atoms with Crippen molar-refractivity contribution in [2.24, 2.45) is 0 Å². The monoisotopic (exact) mass is 232 g/mol. The summed E-state index contributed by atoms with van der Waals surface area (Å²) in [7, 11) is 0. The fourth-order valence-corrected chi connectivity index (χ4v) is 2.41. The topological polar surface area (TPSA) is 0 Å². The SMILES string of the molecule is [2H]C1C=CC=[C+]C1(c1ccccc1)c1ccccc1. The van der Waals surface area contributed by atoms with Gasteiger partial charge in [0.15, 0.2) is 11.5 Å². The Hall–Kier alpha value is -2.17. The molecule has 0 bridgehead atoms. The van der Waals surface area contributed by atoms with Crippen LogP contribution in [0.1, 0.15) is 18.9 Å². The van der Waals surface area contributed by atoms with Gasteiger partial charge in [-0.25, -0.2) is 0 Å². The molecule has 0 amide bonds. The molecule has 3 rings (SSSR count). The van der Waals surface area contributed by atoms with Gasteiger partial charge < -0.3 is 0 Å². The molecule has 0 radical (unpaired) electrons. The Morgan fingerprint density at radius 2 is 1.44 bits per heavy atom. The van der Waals surface area contributed by atoms with Crippen LogP contribution in [-0.2, 0) is 5.41 Å². The normalized spacial score (nSPS) is 21.1. The van der Waals surface area contributed by atoms with Gasteiger partial charge in [0.05, 0.1) is 12.2 Å². The number of allylic oxidation sites excluding steroid dienone is 4. The highest BCUT2D eigenvalue weighted by Crippen LogP contribution is 2.38. The molecule has 1 atom stereocenters. The second-order valence-electron chi connectivity index (χ2n) is 4.40. The van der Waals surface area contributed by atoms with Crippen LogP contribution in [0.15, 0.2) is 78.9 Å². The average Bonchev–Trinajstić information content (AvgIpc) is 2.50. The summed E-state index contributed by atoms with van der Waals surface area (Å²) in [6, 6.07) is 20.4. The summed E-state index contributed by atoms with van der Waals surface area (Å²) in [5, 5.41) is 0. The van der Waals surface area contributed by atoms with E-state index < -0.39 is 5.41 Å². The predicted molar refractivity (Wildman–Crippen MR) is 75.2 cm³/mol. The van der Waals surface area contributed by atoms with Crippen molar-refractivity contribution in [3.63, 3.8) is 0 Å². The van der Waals surface area contributed by atoms with E-state index in [-0.39, 0.29) is 6.40 Å². The van der Waals surface area contributed by atoms with E-state index in [0.717, 1.165) is 11.1 Å². The van der Waals surface area contributed by atoms with E-state index >= 15 is 0 Å². The first-order valence-electron chi connectivity index (χ1n) is 6.73. The van der Waals surface area contributed by atoms with E-state index in [4.69, 9.17) is 1.37 Å². The third-order valence-electron chi connectivity index (χ3n) is 3.32. The highest BCUT2D eigenvalue weighted by Gasteiger charge is 2.38. The number of hydrogen-bond acceptors (Lipinski definition) is 0. The van der Waals surface area contributed by atoms with Crippen LogP contribution in [-0.4, -0.2) is 0 Å². The molecular formula is C18H15+. The molecule has 0 heteroatoms. The highest BCUT2D eigenvalue weighted by atomic mass is 14.3. The molecule has 1 aliphatic carbocycles. The molecule has 86 valence electrons. The van der Waals surface area contributed by atoms with Crippen LogP contribution in [0.5, 0.6) is 0 Å². The second-order valence-corrected chi connectivity index (χ2v) is 4.40. The lowest BCUT2D eigenvalue weighted by atomic mass is 9.70. The van der Waals surface area contributed by atoms with E-state index in [2.05, 4.69) is 30.3 Å². The van der Waals surface area contributed by atoms with Gasteiger partial charge in [-0.2, -0.15) is 0 Å². The molecule has 0 N–H and O–H groups in total. The van der Waals surface area contributed by atoms with Gasteiger partial charge >= 0.3 is 0 Å². The van der Waals surface area contributed by atoms with E-state index in [1.54, 1.807) is 0 Å². The Kier molecular flexibility index (Phi) is 2.51. The van der Waals surface area contributed by atoms with Crippen LogP contribution in [0.2, 0.25) is 0 Å². The van der Waals surface area contributed by atoms with Crippen LogP contribution >= 0.6 is 0 Å². The fraction of sp³-hybridized carbons (Fsp3) is 0.111. The minimum atomic E-state index is -0.503. The van der Waals surface area contributed by atoms with Crippen molar-refractivity contribution in [1.29, 1.82) is 0 Å². The Morgan fingerprint density at radius 1 is 0.889 bits per heavy atom. The van der Waals surface area contributed by atoms with E-state index in [0.29, 0.717) is 0 Å². The van der Waals surface area contributed by atoms with E-state index in [9.17, 15) is 0 Å². The number of benzene rings is 2. The van der Waals surface area contributed by atoms with Gasteiger partial charge in [0.25, 0.3) is 0 Å². The van der Waals surface area contributed by atoms with Gasteiger partial charge in [-0.1, -0.05) is 60.7 Å². The van der Waals surface area contributed by atoms with Crippen molar-refractivity contribution in [2.75, 3.05) is 0 Å². The zero-order chi connectivity index (χ0) is 13.1. The van der Waals surface area contributed by atoms with Gasteiger partial charge in [-0.15, -0.1) is 0 Å². The first-order chi connectivity index (χ1) is 9.34. The molecule has 0 saturated heterocycles. The summed E-state index contributed by atoms with van der Waals surface area (Å²) >= 11 is 0. The summed E-state index contributed by atoms with van der Waals surface area (Å²) in [5.41, 5.74) is 1.72. The molecular weight excluding hydrogens is 216 g/mol. The standard InChI is InChI=1S/C18H15/c1-4-10-16(11-5-1)18(14-8-3-9-15-18)17-12-6-2-7-13-17/h1-13H,14H2/q+1/i14D. The first kappa shape index (κ1) is 9.82. The zero-order valence-electron chi connectivity index (χ0n) is 11.1. The summed E-state index contributed by atoms with van der Waals surface area (Å²) < 4.78 is 8.48. The van der Waals surface area contributed by atoms with Crippen LogP contribution in [0.3, 0.4) is 0 Å². The molecule has 1 aliphatic rings. The van der Waals surface area contributed by atoms with Crippen molar-refractivity contribution in [3.8, 4) is 0 Å². The summed E-state index contributed by atoms with van der Waals surface area (Å²) in [5.74, 6) is 0. The molecule has 0 fully saturated rings. The van der Waals surface area contributed by atoms with Gasteiger partial charge in [-0.3, -0.25) is 0 Å². The lowest BCUT2D eigenvalue weighted by Gasteiger charge is -2.25. The van der Waals surface area contributed by atoms with Crippen LogP contribution < -0.4 is 0 Å². The molecule has 2 aromatic carbocycles. The molecule has 0 aliphatic heterocycles. The van der Waals surface area contributed by atoms with Crippen molar-refractivity contribution in [3.05, 3.63) is 96.1 Å². The molecule has 2 aromatic rings. The Labute approximate surface area is 110 Å². The Balaban J connectivity index is 2.23. The van der Waals surface area contributed by atoms with Crippen molar-refractivity contribution >= 4 is 0 Å². The largest absolute Gasteiger partial charge is 0.162 e. The molecule has 0 saturated carbocycles. The Morgan fingerprint density at radius 3 is 1.94 bits per heavy atom. The summed E-state index contributed by atoms with van der Waals surface area (Å²) in [4.78, 5) is 0. The minimum Gasteiger partial charge on any atom is -0.0622 e. The average molecular weight is 232 g/mol. The van der Waals surface area contributed by atoms with Crippen LogP contribution in [0, 0.1) is 6.08 Å². The quantitative estimate of drug-likeness (QED) is 0.677. The van der Waals surface area contributed by atoms with Gasteiger partial charge in [-0.05, 0) is 11.1 Å². The Bertz CT molecular complexity index is 557. The maximum Gasteiger partial charge on any atom is 0.162 e. The zero-order valence-corrected chi connectivity index (χ0v) is 10.1. The van der Waals surface area contributed by atoms with Crippen LogP contribution in [0.4, 0.5) is 0 Å².